The van der Waals surface area contributed by atoms with E-state index in [1.807, 2.05) is 6.92 Å². The number of nitrogens with two attached hydrogens (primary N) is 1. The van der Waals surface area contributed by atoms with Gasteiger partial charge in [0.1, 0.15) is 6.10 Å². The predicted molar refractivity (Wildman–Crippen MR) is 28.2 cm³/mol. The number of carbonyl (C=O) groups is 1. The van der Waals surface area contributed by atoms with Gasteiger partial charge in [0.25, 0.3) is 0 Å². The molecule has 3 heteroatoms. The summed E-state index contributed by atoms with van der Waals surface area (Å²) < 4.78 is 4.61. The van der Waals surface area contributed by atoms with Crippen molar-refractivity contribution in [1.29, 1.82) is 0 Å². The molecule has 0 unspecified atom stereocenters. The summed E-state index contributed by atoms with van der Waals surface area (Å²) in [5.74, 6) is 0.530. The van der Waals surface area contributed by atoms with Gasteiger partial charge in [0.2, 0.25) is 0 Å². The molecule has 0 radical (unpaired) electrons. The Morgan fingerprint density at radius 3 is 2.50 bits per heavy atom. The molecule has 1 saturated carbocycles. The van der Waals surface area contributed by atoms with Gasteiger partial charge in [-0.25, -0.2) is 4.79 Å². The van der Waals surface area contributed by atoms with Crippen LogP contribution in [-0.4, -0.2) is 12.2 Å². The van der Waals surface area contributed by atoms with E-state index in [0.29, 0.717) is 5.92 Å². The molecular weight excluding hydrogens is 106 g/mol. The second kappa shape index (κ2) is 1.65. The Morgan fingerprint density at radius 1 is 1.88 bits per heavy atom. The molecular formula is C5H9NO2. The number of carbonyl (C=O) groups excluding carboxylic acids is 1. The molecule has 1 rings (SSSR count). The summed E-state index contributed by atoms with van der Waals surface area (Å²) in [5, 5.41) is 0. The third-order valence-corrected chi connectivity index (χ3v) is 1.30. The molecule has 1 fully saturated rings. The number of primary amides is 1. The SMILES string of the molecule is C[C@@H]1C[C@H]1OC(N)=O. The van der Waals surface area contributed by atoms with Gasteiger partial charge < -0.3 is 10.5 Å². The average Bonchev–Trinajstić information content (AvgIpc) is 2.17. The first-order valence-electron chi connectivity index (χ1n) is 2.66. The Labute approximate surface area is 47.8 Å². The normalized spacial score (nSPS) is 34.1. The molecule has 1 aliphatic carbocycles. The van der Waals surface area contributed by atoms with Crippen LogP contribution >= 0.6 is 0 Å². The fourth-order valence-electron chi connectivity index (χ4n) is 0.601. The molecule has 2 atom stereocenters. The standard InChI is InChI=1S/C5H9NO2/c1-3-2-4(3)8-5(6)7/h3-4H,2H2,1H3,(H2,6,7)/t3-,4-/m1/s1. The molecule has 8 heavy (non-hydrogen) atoms. The molecule has 0 spiro atoms. The van der Waals surface area contributed by atoms with Crippen LogP contribution < -0.4 is 5.73 Å². The summed E-state index contributed by atoms with van der Waals surface area (Å²) in [4.78, 5) is 10.00. The van der Waals surface area contributed by atoms with Crippen molar-refractivity contribution in [2.45, 2.75) is 19.4 Å². The summed E-state index contributed by atoms with van der Waals surface area (Å²) in [6.45, 7) is 2.02. The molecule has 0 aromatic rings. The van der Waals surface area contributed by atoms with Crippen molar-refractivity contribution in [2.75, 3.05) is 0 Å². The zero-order chi connectivity index (χ0) is 6.15. The molecule has 2 N–H and O–H groups in total. The quantitative estimate of drug-likeness (QED) is 0.540. The van der Waals surface area contributed by atoms with E-state index in [0.717, 1.165) is 6.42 Å². The number of rotatable bonds is 1. The lowest BCUT2D eigenvalue weighted by molar-refractivity contribution is 0.144. The first kappa shape index (κ1) is 5.41. The van der Waals surface area contributed by atoms with Gasteiger partial charge >= 0.3 is 6.09 Å². The smallest absolute Gasteiger partial charge is 0.404 e. The minimum Gasteiger partial charge on any atom is -0.446 e. The maximum Gasteiger partial charge on any atom is 0.404 e. The van der Waals surface area contributed by atoms with Crippen molar-refractivity contribution in [3.05, 3.63) is 0 Å². The number of hydrogen-bond acceptors (Lipinski definition) is 2. The van der Waals surface area contributed by atoms with E-state index >= 15 is 0 Å². The van der Waals surface area contributed by atoms with E-state index in [9.17, 15) is 4.79 Å². The fraction of sp³-hybridized carbons (Fsp3) is 0.800. The number of hydrogen-bond donors (Lipinski definition) is 1. The first-order chi connectivity index (χ1) is 3.70. The van der Waals surface area contributed by atoms with Crippen molar-refractivity contribution in [2.24, 2.45) is 11.7 Å². The van der Waals surface area contributed by atoms with E-state index in [2.05, 4.69) is 4.74 Å². The summed E-state index contributed by atoms with van der Waals surface area (Å²) >= 11 is 0. The minimum atomic E-state index is -0.653. The van der Waals surface area contributed by atoms with E-state index < -0.39 is 6.09 Å². The van der Waals surface area contributed by atoms with Gasteiger partial charge in [-0.3, -0.25) is 0 Å². The van der Waals surface area contributed by atoms with Gasteiger partial charge in [0, 0.05) is 0 Å². The molecule has 3 nitrogen and oxygen atoms in total. The Hall–Kier alpha value is -0.730. The molecule has 0 heterocycles. The third kappa shape index (κ3) is 1.12. The van der Waals surface area contributed by atoms with E-state index in [1.165, 1.54) is 0 Å². The fourth-order valence-corrected chi connectivity index (χ4v) is 0.601. The van der Waals surface area contributed by atoms with Crippen LogP contribution in [0.15, 0.2) is 0 Å². The molecule has 0 saturated heterocycles. The summed E-state index contributed by atoms with van der Waals surface area (Å²) in [6, 6.07) is 0. The molecule has 1 aliphatic rings. The second-order valence-corrected chi connectivity index (χ2v) is 2.19. The van der Waals surface area contributed by atoms with Gasteiger partial charge in [-0.1, -0.05) is 6.92 Å². The van der Waals surface area contributed by atoms with E-state index in [4.69, 9.17) is 5.73 Å². The largest absolute Gasteiger partial charge is 0.446 e. The van der Waals surface area contributed by atoms with Gasteiger partial charge in [0.15, 0.2) is 0 Å². The maximum atomic E-state index is 10.00. The zero-order valence-corrected chi connectivity index (χ0v) is 4.76. The van der Waals surface area contributed by atoms with Crippen LogP contribution in [0.2, 0.25) is 0 Å². The predicted octanol–water partition coefficient (Wildman–Crippen LogP) is 0.490. The minimum absolute atomic E-state index is 0.118. The van der Waals surface area contributed by atoms with Gasteiger partial charge in [-0.05, 0) is 12.3 Å². The first-order valence-corrected chi connectivity index (χ1v) is 2.66. The molecule has 1 amide bonds. The Kier molecular flexibility index (Phi) is 1.12. The molecule has 0 aromatic heterocycles. The number of amides is 1. The van der Waals surface area contributed by atoms with E-state index in [1.54, 1.807) is 0 Å². The summed E-state index contributed by atoms with van der Waals surface area (Å²) in [6.07, 6.45) is 0.440. The average molecular weight is 115 g/mol. The highest BCUT2D eigenvalue weighted by Crippen LogP contribution is 2.32. The lowest BCUT2D eigenvalue weighted by atomic mass is 10.5. The van der Waals surface area contributed by atoms with Crippen LogP contribution in [0.4, 0.5) is 4.79 Å². The highest BCUT2D eigenvalue weighted by molar-refractivity contribution is 5.65. The van der Waals surface area contributed by atoms with Crippen LogP contribution in [0.1, 0.15) is 13.3 Å². The monoisotopic (exact) mass is 115 g/mol. The topological polar surface area (TPSA) is 52.3 Å². The Balaban J connectivity index is 2.14. The maximum absolute atomic E-state index is 10.00. The van der Waals surface area contributed by atoms with Gasteiger partial charge in [-0.2, -0.15) is 0 Å². The van der Waals surface area contributed by atoms with Crippen molar-refractivity contribution >= 4 is 6.09 Å². The Morgan fingerprint density at radius 2 is 2.38 bits per heavy atom. The van der Waals surface area contributed by atoms with Crippen molar-refractivity contribution < 1.29 is 9.53 Å². The van der Waals surface area contributed by atoms with Crippen LogP contribution in [0.25, 0.3) is 0 Å². The van der Waals surface area contributed by atoms with Crippen LogP contribution in [0, 0.1) is 5.92 Å². The molecule has 0 bridgehead atoms. The molecule has 46 valence electrons. The van der Waals surface area contributed by atoms with Crippen LogP contribution in [-0.2, 0) is 4.74 Å². The van der Waals surface area contributed by atoms with Gasteiger partial charge in [0.05, 0.1) is 0 Å². The van der Waals surface area contributed by atoms with Crippen molar-refractivity contribution in [3.63, 3.8) is 0 Å². The Bertz CT molecular complexity index is 113. The zero-order valence-electron chi connectivity index (χ0n) is 4.76. The van der Waals surface area contributed by atoms with Crippen molar-refractivity contribution in [1.82, 2.24) is 0 Å². The second-order valence-electron chi connectivity index (χ2n) is 2.19. The highest BCUT2D eigenvalue weighted by Gasteiger charge is 2.35. The lowest BCUT2D eigenvalue weighted by Crippen LogP contribution is -2.14. The van der Waals surface area contributed by atoms with Crippen molar-refractivity contribution in [3.8, 4) is 0 Å². The molecule has 0 aromatic carbocycles. The van der Waals surface area contributed by atoms with Crippen LogP contribution in [0.5, 0.6) is 0 Å². The third-order valence-electron chi connectivity index (χ3n) is 1.30. The summed E-state index contributed by atoms with van der Waals surface area (Å²) in [5.41, 5.74) is 4.73. The van der Waals surface area contributed by atoms with Crippen LogP contribution in [0.3, 0.4) is 0 Å². The lowest BCUT2D eigenvalue weighted by Gasteiger charge is -1.94. The molecule has 0 aliphatic heterocycles. The van der Waals surface area contributed by atoms with Gasteiger partial charge in [-0.15, -0.1) is 0 Å². The highest BCUT2D eigenvalue weighted by atomic mass is 16.6. The van der Waals surface area contributed by atoms with E-state index in [-0.39, 0.29) is 6.10 Å². The summed E-state index contributed by atoms with van der Waals surface area (Å²) in [7, 11) is 0. The number of ether oxygens (including phenoxy) is 1.